The first-order valence-electron chi connectivity index (χ1n) is 36.3. The maximum atomic E-state index is 14.3. The Morgan fingerprint density at radius 3 is 1.98 bits per heavy atom. The molecule has 39 nitrogen and oxygen atoms in total. The lowest BCUT2D eigenvalue weighted by Crippen LogP contribution is -2.68. The molecule has 11 fully saturated rings. The number of hydrogen-bond donors (Lipinski definition) is 8. The van der Waals surface area contributed by atoms with Crippen LogP contribution in [0.4, 0.5) is 0 Å². The van der Waals surface area contributed by atoms with Gasteiger partial charge in [-0.15, -0.1) is 0 Å². The molecule has 41 heteroatoms. The van der Waals surface area contributed by atoms with Crippen molar-refractivity contribution in [1.29, 1.82) is 0 Å². The highest BCUT2D eigenvalue weighted by atomic mass is 35.5. The third-order valence-corrected chi connectivity index (χ3v) is 23.3. The van der Waals surface area contributed by atoms with Crippen LogP contribution in [-0.2, 0) is 118 Å². The number of carbonyl (C=O) groups is 2. The average Bonchev–Trinajstić information content (AvgIpc) is 1.58. The second-order valence-electron chi connectivity index (χ2n) is 29.9. The molecule has 11 saturated heterocycles. The Labute approximate surface area is 645 Å². The van der Waals surface area contributed by atoms with E-state index in [0.717, 1.165) is 6.07 Å². The molecule has 35 atom stereocenters. The highest BCUT2D eigenvalue weighted by Crippen LogP contribution is 2.53. The fraction of sp³-hybridized carbons (Fsp3) is 0.800. The van der Waals surface area contributed by atoms with Crippen molar-refractivity contribution >= 4 is 35.1 Å². The number of esters is 2. The summed E-state index contributed by atoms with van der Waals surface area (Å²) < 4.78 is 160. The molecule has 2 aromatic rings. The van der Waals surface area contributed by atoms with E-state index in [-0.39, 0.29) is 83.3 Å². The Morgan fingerprint density at radius 1 is 0.613 bits per heavy atom. The number of halogens is 2. The Bertz CT molecular complexity index is 3630. The number of fused-ring (bicyclic) bond motifs is 4. The number of benzene rings is 2. The predicted octanol–water partition coefficient (Wildman–Crippen LogP) is 1.26. The number of rotatable bonds is 21. The Kier molecular flexibility index (Phi) is 25.1. The van der Waals surface area contributed by atoms with Crippen LogP contribution in [0, 0.1) is 24.0 Å². The Morgan fingerprint density at radius 2 is 1.31 bits per heavy atom. The van der Waals surface area contributed by atoms with Gasteiger partial charge in [-0.05, 0) is 72.6 Å². The molecule has 8 N–H and O–H groups in total. The van der Waals surface area contributed by atoms with Crippen LogP contribution in [0.5, 0.6) is 23.0 Å². The lowest BCUT2D eigenvalue weighted by atomic mass is 9.85. The minimum absolute atomic E-state index is 0.0700. The van der Waals surface area contributed by atoms with Gasteiger partial charge in [-0.1, -0.05) is 23.2 Å². The first kappa shape index (κ1) is 84.4. The van der Waals surface area contributed by atoms with Gasteiger partial charge >= 0.3 is 17.9 Å². The van der Waals surface area contributed by atoms with Crippen LogP contribution in [0.3, 0.4) is 0 Å². The number of nitro groups is 1. The number of nitrogens with zero attached hydrogens (tertiary/aromatic N) is 1. The van der Waals surface area contributed by atoms with E-state index < -0.39 is 248 Å². The topological polar surface area (TPSA) is 479 Å². The maximum absolute atomic E-state index is 14.3. The zero-order valence-electron chi connectivity index (χ0n) is 63.0. The highest BCUT2D eigenvalue weighted by Gasteiger charge is 2.70. The van der Waals surface area contributed by atoms with Crippen molar-refractivity contribution in [2.75, 3.05) is 62.2 Å². The minimum Gasteiger partial charge on any atom is -0.508 e. The summed E-state index contributed by atoms with van der Waals surface area (Å²) in [6.45, 7) is 12.7. The smallest absolute Gasteiger partial charge is 0.342 e. The summed E-state index contributed by atoms with van der Waals surface area (Å²) >= 11 is 12.8. The molecule has 111 heavy (non-hydrogen) atoms. The molecule has 0 bridgehead atoms. The van der Waals surface area contributed by atoms with Crippen LogP contribution in [0.15, 0.2) is 12.1 Å². The number of phenolic OH excluding ortho intramolecular Hbond substituents is 3. The van der Waals surface area contributed by atoms with E-state index in [9.17, 15) is 60.6 Å². The zero-order chi connectivity index (χ0) is 80.2. The highest BCUT2D eigenvalue weighted by molar-refractivity contribution is 6.39. The third kappa shape index (κ3) is 15.5. The van der Waals surface area contributed by atoms with Gasteiger partial charge in [0.15, 0.2) is 73.7 Å². The quantitative estimate of drug-likeness (QED) is 0.0495. The normalized spacial score (nSPS) is 45.6. The molecule has 11 aliphatic rings. The Hall–Kier alpha value is -4.56. The largest absolute Gasteiger partial charge is 0.508 e. The van der Waals surface area contributed by atoms with Crippen LogP contribution in [0.2, 0.25) is 10.0 Å². The molecular formula is C70H97Cl2NO38. The number of phenols is 3. The van der Waals surface area contributed by atoms with Gasteiger partial charge in [0.1, 0.15) is 132 Å². The van der Waals surface area contributed by atoms with Crippen LogP contribution in [0.25, 0.3) is 0 Å². The summed E-state index contributed by atoms with van der Waals surface area (Å²) in [7, 11) is 6.53. The van der Waals surface area contributed by atoms with Gasteiger partial charge in [0.25, 0.3) is 11.5 Å². The van der Waals surface area contributed by atoms with Crippen LogP contribution < -0.4 is 4.74 Å². The molecular weight excluding hydrogens is 1530 g/mol. The monoisotopic (exact) mass is 1630 g/mol. The number of aliphatic hydroxyl groups excluding tert-OH is 5. The van der Waals surface area contributed by atoms with Crippen molar-refractivity contribution in [2.24, 2.45) is 0 Å². The van der Waals surface area contributed by atoms with Crippen LogP contribution in [-0.4, -0.2) is 333 Å². The van der Waals surface area contributed by atoms with E-state index in [4.69, 9.17) is 146 Å². The van der Waals surface area contributed by atoms with Gasteiger partial charge < -0.3 is 164 Å². The molecule has 0 aromatic heterocycles. The summed E-state index contributed by atoms with van der Waals surface area (Å²) in [5.41, 5.74) is -3.54. The summed E-state index contributed by atoms with van der Waals surface area (Å²) in [6.07, 6.45) is -40.9. The van der Waals surface area contributed by atoms with Gasteiger partial charge in [0, 0.05) is 52.8 Å². The van der Waals surface area contributed by atoms with Gasteiger partial charge in [-0.3, -0.25) is 10.1 Å². The number of aromatic hydroxyl groups is 3. The SMILES string of the molecule is COC[C@H]1O[C@@H](O[C@@H]2OC[C@@H]3O[C@@]4(OC[C@@H](OC(=O)c5c(C)cc(O)cc5O)[C@@H]5OCO[C@H]54)O[C@H]3[C@H]2O)[C@@H](OC)[C@@H](O)[C@@H]1O[C@@H]1O[C@H](C)[C@H](OC)[C@H](O[C@@H]2O[C@H](C)[C@H]3O[C@]4(C[C@@H](O)[C@H](O[C@H]5C[C@@H](O[C@@H]6C[C@@](C)([N+](=O)[O-])[C@H](OC)[C@@H](C)O6)[C@H](OC(=O)c6c(C)c(Cl)c(O)c(Cl)c6OC)[C@@H](C)O5)[C@@H](C)O4)O[C@]3(C)[C@@H]2O)[C@H]1O. The molecule has 11 aliphatic heterocycles. The van der Waals surface area contributed by atoms with E-state index in [1.807, 2.05) is 0 Å². The van der Waals surface area contributed by atoms with Crippen LogP contribution >= 0.6 is 23.2 Å². The summed E-state index contributed by atoms with van der Waals surface area (Å²) in [5.74, 6) is -7.54. The molecule has 0 amide bonds. The lowest BCUT2D eigenvalue weighted by molar-refractivity contribution is -0.595. The molecule has 2 spiro atoms. The fourth-order valence-corrected chi connectivity index (χ4v) is 17.5. The summed E-state index contributed by atoms with van der Waals surface area (Å²) in [6, 6.07) is 2.28. The molecule has 0 unspecified atom stereocenters. The van der Waals surface area contributed by atoms with Gasteiger partial charge in [-0.25, -0.2) is 9.59 Å². The van der Waals surface area contributed by atoms with E-state index in [1.165, 1.54) is 69.3 Å². The predicted molar refractivity (Wildman–Crippen MR) is 363 cm³/mol. The van der Waals surface area contributed by atoms with Gasteiger partial charge in [-0.2, -0.15) is 0 Å². The zero-order valence-corrected chi connectivity index (χ0v) is 64.5. The maximum Gasteiger partial charge on any atom is 0.342 e. The fourth-order valence-electron chi connectivity index (χ4n) is 17.0. The van der Waals surface area contributed by atoms with Crippen molar-refractivity contribution in [1.82, 2.24) is 0 Å². The average molecular weight is 1630 g/mol. The molecule has 11 heterocycles. The summed E-state index contributed by atoms with van der Waals surface area (Å²) in [5, 5.41) is 104. The number of ether oxygens (including phenoxy) is 26. The molecule has 0 radical (unpaired) electrons. The number of hydrogen-bond acceptors (Lipinski definition) is 38. The van der Waals surface area contributed by atoms with Crippen molar-refractivity contribution in [3.8, 4) is 23.0 Å². The minimum atomic E-state index is -2.06. The molecule has 0 saturated carbocycles. The second kappa shape index (κ2) is 33.1. The Balaban J connectivity index is 0.644. The first-order valence-corrected chi connectivity index (χ1v) is 37.1. The molecule has 0 aliphatic carbocycles. The molecule has 624 valence electrons. The van der Waals surface area contributed by atoms with Crippen molar-refractivity contribution in [3.05, 3.63) is 54.5 Å². The van der Waals surface area contributed by atoms with Crippen molar-refractivity contribution in [3.63, 3.8) is 0 Å². The van der Waals surface area contributed by atoms with Crippen molar-refractivity contribution in [2.45, 2.75) is 295 Å². The summed E-state index contributed by atoms with van der Waals surface area (Å²) in [4.78, 5) is 39.8. The first-order chi connectivity index (χ1) is 52.6. The van der Waals surface area contributed by atoms with Crippen LogP contribution in [0.1, 0.15) is 99.6 Å². The number of aryl methyl sites for hydroxylation is 1. The van der Waals surface area contributed by atoms with E-state index in [1.54, 1.807) is 34.6 Å². The second-order valence-corrected chi connectivity index (χ2v) is 30.6. The number of aliphatic hydroxyl groups is 5. The van der Waals surface area contributed by atoms with Gasteiger partial charge in [0.05, 0.1) is 81.4 Å². The molecule has 2 aromatic carbocycles. The standard InChI is InChI=1S/C70H97Cl2NO38/c1-24-15-31(74)16-32(75)40(24)61(82)100-36-22-94-70(60-53(36)92-23-93-60)108-37-21-91-63(46(79)52(37)109-70)106-65-56(89-13)45(78)51(35(101-65)20-86-10)104-64-47(80)55(50(87-11)27(4)97-64)105-66-57(81)68(9)59(30(7)98-66)110-69(111-68)18-33(76)48(28(5)107-69)102-38-17-34(99-39-19-67(8,73(84)85)58(90-14)29(6)96-39)49(26(3)95-38)103-62(83)41-25(2)42(71)44(77)43(72)54(41)88-12/h15-16,26-30,33-39,45-53,55-60,63-66,74-81H,17-23H2,1-14H3/t26-,27-,28-,29-,30-,33-,34-,35-,36-,37+,38+,39-,45+,46-,47-,48-,49-,50+,51-,52-,53+,55-,56+,57-,58-,59-,60-,63+,64+,65+,66+,67-,68-,69-,70-/m1/s1. The van der Waals surface area contributed by atoms with E-state index in [2.05, 4.69) is 0 Å². The number of methoxy groups -OCH3 is 5. The van der Waals surface area contributed by atoms with Gasteiger partial charge in [0.2, 0.25) is 0 Å². The third-order valence-electron chi connectivity index (χ3n) is 22.5. The lowest BCUT2D eigenvalue weighted by Gasteiger charge is -2.50. The molecule has 13 rings (SSSR count). The van der Waals surface area contributed by atoms with E-state index >= 15 is 0 Å². The number of carbonyl (C=O) groups excluding carboxylic acids is 2. The van der Waals surface area contributed by atoms with Crippen molar-refractivity contribution < 1.29 is 179 Å². The van der Waals surface area contributed by atoms with E-state index in [0.29, 0.717) is 0 Å².